The van der Waals surface area contributed by atoms with Gasteiger partial charge in [-0.1, -0.05) is 19.3 Å². The largest absolute Gasteiger partial charge is 0.353 e. The van der Waals surface area contributed by atoms with Crippen molar-refractivity contribution in [2.45, 2.75) is 44.0 Å². The number of methoxy groups -OCH3 is 2. The fourth-order valence-electron chi connectivity index (χ4n) is 2.05. The molecule has 0 bridgehead atoms. The van der Waals surface area contributed by atoms with E-state index in [-0.39, 0.29) is 0 Å². The Morgan fingerprint density at radius 2 is 1.62 bits per heavy atom. The van der Waals surface area contributed by atoms with Crippen LogP contribution in [0.2, 0.25) is 0 Å². The van der Waals surface area contributed by atoms with Gasteiger partial charge < -0.3 is 9.47 Å². The molecule has 78 valence electrons. The molecule has 1 aliphatic carbocycles. The molecule has 0 amide bonds. The smallest absolute Gasteiger partial charge is 0.189 e. The first kappa shape index (κ1) is 10.9. The average Bonchev–Trinajstić information content (AvgIpc) is 2.21. The van der Waals surface area contributed by atoms with Crippen LogP contribution in [0, 0.1) is 0 Å². The molecule has 0 saturated heterocycles. The molecule has 0 aromatic rings. The van der Waals surface area contributed by atoms with Gasteiger partial charge in [0.25, 0.3) is 0 Å². The zero-order valence-corrected chi connectivity index (χ0v) is 8.28. The summed E-state index contributed by atoms with van der Waals surface area (Å²) < 4.78 is 10.3. The first-order valence-electron chi connectivity index (χ1n) is 4.67. The zero-order chi connectivity index (χ0) is 9.73. The lowest BCUT2D eigenvalue weighted by molar-refractivity contribution is -0.382. The fraction of sp³-hybridized carbons (Fsp3) is 1.00. The van der Waals surface area contributed by atoms with E-state index in [1.54, 1.807) is 14.2 Å². The summed E-state index contributed by atoms with van der Waals surface area (Å²) in [6.07, 6.45) is 4.38. The fourth-order valence-corrected chi connectivity index (χ4v) is 2.05. The van der Waals surface area contributed by atoms with Crippen LogP contribution in [0.1, 0.15) is 32.1 Å². The van der Waals surface area contributed by atoms with Gasteiger partial charge in [0.15, 0.2) is 11.9 Å². The van der Waals surface area contributed by atoms with Gasteiger partial charge in [0.1, 0.15) is 0 Å². The van der Waals surface area contributed by atoms with E-state index in [2.05, 4.69) is 4.89 Å². The molecule has 1 rings (SSSR count). The van der Waals surface area contributed by atoms with E-state index in [1.807, 2.05) is 0 Å². The molecule has 0 aromatic heterocycles. The summed E-state index contributed by atoms with van der Waals surface area (Å²) in [5, 5.41) is 8.91. The van der Waals surface area contributed by atoms with Gasteiger partial charge >= 0.3 is 0 Å². The van der Waals surface area contributed by atoms with Crippen molar-refractivity contribution in [3.05, 3.63) is 0 Å². The van der Waals surface area contributed by atoms with Crippen LogP contribution in [0.15, 0.2) is 0 Å². The third kappa shape index (κ3) is 2.20. The molecule has 0 radical (unpaired) electrons. The molecular weight excluding hydrogens is 172 g/mol. The molecule has 4 heteroatoms. The van der Waals surface area contributed by atoms with E-state index in [4.69, 9.17) is 14.7 Å². The van der Waals surface area contributed by atoms with Gasteiger partial charge in [-0.15, -0.1) is 0 Å². The van der Waals surface area contributed by atoms with E-state index >= 15 is 0 Å². The minimum atomic E-state index is -0.651. The quantitative estimate of drug-likeness (QED) is 0.417. The predicted molar refractivity (Wildman–Crippen MR) is 47.3 cm³/mol. The first-order valence-corrected chi connectivity index (χ1v) is 4.67. The highest BCUT2D eigenvalue weighted by molar-refractivity contribution is 4.86. The lowest BCUT2D eigenvalue weighted by Crippen LogP contribution is -2.47. The van der Waals surface area contributed by atoms with Crippen molar-refractivity contribution in [3.8, 4) is 0 Å². The molecule has 1 N–H and O–H groups in total. The van der Waals surface area contributed by atoms with Crippen molar-refractivity contribution in [1.29, 1.82) is 0 Å². The van der Waals surface area contributed by atoms with Gasteiger partial charge in [0.2, 0.25) is 0 Å². The molecule has 0 unspecified atom stereocenters. The second-order valence-corrected chi connectivity index (χ2v) is 3.52. The molecule has 1 saturated carbocycles. The SMILES string of the molecule is COC(OC)C1(OO)CCCCC1. The van der Waals surface area contributed by atoms with Gasteiger partial charge in [0.05, 0.1) is 0 Å². The summed E-state index contributed by atoms with van der Waals surface area (Å²) in [6, 6.07) is 0. The maximum Gasteiger partial charge on any atom is 0.189 e. The van der Waals surface area contributed by atoms with Crippen LogP contribution in [0.25, 0.3) is 0 Å². The second-order valence-electron chi connectivity index (χ2n) is 3.52. The maximum atomic E-state index is 8.91. The van der Waals surface area contributed by atoms with E-state index in [0.717, 1.165) is 25.7 Å². The van der Waals surface area contributed by atoms with Crippen molar-refractivity contribution in [2.24, 2.45) is 0 Å². The Kier molecular flexibility index (Phi) is 4.12. The second kappa shape index (κ2) is 4.91. The maximum absolute atomic E-state index is 8.91. The predicted octanol–water partition coefficient (Wildman–Crippen LogP) is 1.80. The van der Waals surface area contributed by atoms with Gasteiger partial charge in [-0.2, -0.15) is 0 Å². The Hall–Kier alpha value is -0.160. The van der Waals surface area contributed by atoms with Gasteiger partial charge in [-0.3, -0.25) is 5.26 Å². The van der Waals surface area contributed by atoms with E-state index in [9.17, 15) is 0 Å². The van der Waals surface area contributed by atoms with Crippen molar-refractivity contribution >= 4 is 0 Å². The van der Waals surface area contributed by atoms with E-state index in [1.165, 1.54) is 6.42 Å². The van der Waals surface area contributed by atoms with Crippen molar-refractivity contribution < 1.29 is 19.6 Å². The van der Waals surface area contributed by atoms with Gasteiger partial charge in [-0.05, 0) is 12.8 Å². The Bertz CT molecular complexity index is 139. The first-order chi connectivity index (χ1) is 6.29. The summed E-state index contributed by atoms with van der Waals surface area (Å²) in [7, 11) is 3.12. The van der Waals surface area contributed by atoms with E-state index in [0.29, 0.717) is 0 Å². The Morgan fingerprint density at radius 3 is 2.00 bits per heavy atom. The molecule has 1 fully saturated rings. The van der Waals surface area contributed by atoms with Gasteiger partial charge in [-0.25, -0.2) is 4.89 Å². The minimum absolute atomic E-state index is 0.474. The summed E-state index contributed by atoms with van der Waals surface area (Å²) in [5.74, 6) is 0. The lowest BCUT2D eigenvalue weighted by atomic mass is 9.84. The number of rotatable bonds is 4. The van der Waals surface area contributed by atoms with E-state index < -0.39 is 11.9 Å². The van der Waals surface area contributed by atoms with Crippen LogP contribution in [0.5, 0.6) is 0 Å². The number of hydrogen-bond acceptors (Lipinski definition) is 4. The van der Waals surface area contributed by atoms with Crippen molar-refractivity contribution in [3.63, 3.8) is 0 Å². The molecule has 4 nitrogen and oxygen atoms in total. The molecular formula is C9H18O4. The zero-order valence-electron chi connectivity index (χ0n) is 8.28. The molecule has 1 aliphatic rings. The lowest BCUT2D eigenvalue weighted by Gasteiger charge is -2.38. The Labute approximate surface area is 78.7 Å². The molecule has 0 heterocycles. The van der Waals surface area contributed by atoms with Crippen LogP contribution in [-0.2, 0) is 14.4 Å². The number of ether oxygens (including phenoxy) is 2. The van der Waals surface area contributed by atoms with Crippen LogP contribution in [0.3, 0.4) is 0 Å². The highest BCUT2D eigenvalue weighted by Crippen LogP contribution is 2.35. The molecule has 0 spiro atoms. The molecule has 0 atom stereocenters. The number of hydrogen-bond donors (Lipinski definition) is 1. The monoisotopic (exact) mass is 190 g/mol. The summed E-state index contributed by atoms with van der Waals surface area (Å²) in [4.78, 5) is 4.57. The molecule has 0 aromatic carbocycles. The third-order valence-corrected chi connectivity index (χ3v) is 2.74. The highest BCUT2D eigenvalue weighted by Gasteiger charge is 2.42. The Morgan fingerprint density at radius 1 is 1.08 bits per heavy atom. The normalized spacial score (nSPS) is 22.2. The van der Waals surface area contributed by atoms with Crippen LogP contribution in [-0.4, -0.2) is 31.4 Å². The molecule has 0 aliphatic heterocycles. The Balaban J connectivity index is 2.64. The summed E-state index contributed by atoms with van der Waals surface area (Å²) in [6.45, 7) is 0. The van der Waals surface area contributed by atoms with Crippen LogP contribution >= 0.6 is 0 Å². The van der Waals surface area contributed by atoms with Crippen molar-refractivity contribution in [1.82, 2.24) is 0 Å². The third-order valence-electron chi connectivity index (χ3n) is 2.74. The summed E-state index contributed by atoms with van der Waals surface area (Å²) in [5.41, 5.74) is -0.651. The molecule has 13 heavy (non-hydrogen) atoms. The summed E-state index contributed by atoms with van der Waals surface area (Å²) >= 11 is 0. The van der Waals surface area contributed by atoms with Gasteiger partial charge in [0, 0.05) is 14.2 Å². The standard InChI is InChI=1S/C9H18O4/c1-11-8(12-2)9(13-10)6-4-3-5-7-9/h8,10H,3-7H2,1-2H3. The topological polar surface area (TPSA) is 47.9 Å². The minimum Gasteiger partial charge on any atom is -0.353 e. The van der Waals surface area contributed by atoms with Crippen LogP contribution < -0.4 is 0 Å². The van der Waals surface area contributed by atoms with Crippen molar-refractivity contribution in [2.75, 3.05) is 14.2 Å². The van der Waals surface area contributed by atoms with Crippen LogP contribution in [0.4, 0.5) is 0 Å². The highest BCUT2D eigenvalue weighted by atomic mass is 17.1. The average molecular weight is 190 g/mol.